The number of fused-ring (bicyclic) bond motifs is 1. The molecule has 5 rings (SSSR count). The van der Waals surface area contributed by atoms with E-state index in [1.807, 2.05) is 14.1 Å². The van der Waals surface area contributed by atoms with Gasteiger partial charge in [-0.2, -0.15) is 36.4 Å². The van der Waals surface area contributed by atoms with Crippen LogP contribution >= 0.6 is 11.8 Å². The van der Waals surface area contributed by atoms with Crippen molar-refractivity contribution in [3.8, 4) is 0 Å². The topological polar surface area (TPSA) is 66.6 Å². The summed E-state index contributed by atoms with van der Waals surface area (Å²) < 4.78 is 80.9. The number of likely N-dealkylation sites (tertiary alicyclic amines) is 1. The molecule has 0 saturated carbocycles. The quantitative estimate of drug-likeness (QED) is 0.344. The molecule has 1 fully saturated rings. The molecule has 2 aliphatic rings. The highest BCUT2D eigenvalue weighted by Gasteiger charge is 2.38. The SMILES string of the molecule is CN(C)C1CCN(C2=NC(=O)S/C2=C\c2cc3cn(Cc4ccc(C(F)(F)F)cc4C(F)(F)F)nc3cn2)CC1. The van der Waals surface area contributed by atoms with Crippen LogP contribution in [0.5, 0.6) is 0 Å². The molecule has 40 heavy (non-hydrogen) atoms. The summed E-state index contributed by atoms with van der Waals surface area (Å²) in [6.07, 6.45) is -3.29. The van der Waals surface area contributed by atoms with Crippen molar-refractivity contribution in [2.24, 2.45) is 4.99 Å². The van der Waals surface area contributed by atoms with E-state index in [-0.39, 0.29) is 23.4 Å². The molecule has 4 heterocycles. The number of pyridine rings is 1. The summed E-state index contributed by atoms with van der Waals surface area (Å²) in [5, 5.41) is 4.50. The van der Waals surface area contributed by atoms with E-state index in [1.165, 1.54) is 17.1 Å². The number of halogens is 6. The molecule has 1 saturated heterocycles. The van der Waals surface area contributed by atoms with Gasteiger partial charge in [-0.1, -0.05) is 6.07 Å². The number of benzene rings is 1. The van der Waals surface area contributed by atoms with Gasteiger partial charge in [0.1, 0.15) is 11.4 Å². The first-order valence-electron chi connectivity index (χ1n) is 12.3. The lowest BCUT2D eigenvalue weighted by molar-refractivity contribution is -0.143. The van der Waals surface area contributed by atoms with Gasteiger partial charge in [0.2, 0.25) is 0 Å². The van der Waals surface area contributed by atoms with E-state index in [0.29, 0.717) is 39.4 Å². The highest BCUT2D eigenvalue weighted by Crippen LogP contribution is 2.38. The molecule has 3 aromatic rings. The molecule has 0 spiro atoms. The molecular formula is C26H24F6N6OS. The Hall–Kier alpha value is -3.39. The smallest absolute Gasteiger partial charge is 0.355 e. The number of piperidine rings is 1. The van der Waals surface area contributed by atoms with E-state index in [4.69, 9.17) is 0 Å². The Bertz CT molecular complexity index is 1500. The Morgan fingerprint density at radius 2 is 1.80 bits per heavy atom. The van der Waals surface area contributed by atoms with Gasteiger partial charge in [0.15, 0.2) is 0 Å². The van der Waals surface area contributed by atoms with Crippen LogP contribution in [0.2, 0.25) is 0 Å². The van der Waals surface area contributed by atoms with E-state index in [2.05, 4.69) is 24.9 Å². The lowest BCUT2D eigenvalue weighted by atomic mass is 10.0. The zero-order chi connectivity index (χ0) is 28.8. The number of amides is 1. The summed E-state index contributed by atoms with van der Waals surface area (Å²) in [5.74, 6) is 0.604. The second kappa shape index (κ2) is 10.5. The third-order valence-electron chi connectivity index (χ3n) is 6.92. The zero-order valence-electron chi connectivity index (χ0n) is 21.4. The minimum atomic E-state index is -4.97. The molecule has 0 bridgehead atoms. The second-order valence-electron chi connectivity index (χ2n) is 9.86. The highest BCUT2D eigenvalue weighted by atomic mass is 32.2. The summed E-state index contributed by atoms with van der Waals surface area (Å²) in [6.45, 7) is 1.13. The minimum absolute atomic E-state index is 0.118. The lowest BCUT2D eigenvalue weighted by Crippen LogP contribution is -2.44. The third kappa shape index (κ3) is 6.02. The fraction of sp³-hybridized carbons (Fsp3) is 0.385. The van der Waals surface area contributed by atoms with E-state index in [9.17, 15) is 31.1 Å². The number of rotatable bonds is 4. The molecule has 0 radical (unpaired) electrons. The maximum absolute atomic E-state index is 13.6. The number of aliphatic imine (C=N–C) groups is 1. The standard InChI is InChI=1S/C26H24F6N6OS/c1-36(2)19-5-7-37(8-6-19)23-22(40-24(39)34-23)11-18-9-16-14-38(35-21(16)12-33-18)13-15-3-4-17(25(27,28)29)10-20(15)26(30,31)32/h3-4,9-12,14,19H,5-8,13H2,1-2H3/b22-11-. The summed E-state index contributed by atoms with van der Waals surface area (Å²) in [6, 6.07) is 3.71. The predicted octanol–water partition coefficient (Wildman–Crippen LogP) is 6.15. The fourth-order valence-electron chi connectivity index (χ4n) is 4.84. The van der Waals surface area contributed by atoms with Crippen LogP contribution in [0.15, 0.2) is 46.6 Å². The molecule has 0 N–H and O–H groups in total. The van der Waals surface area contributed by atoms with Crippen LogP contribution in [0.3, 0.4) is 0 Å². The fourth-order valence-corrected chi connectivity index (χ4v) is 5.60. The number of hydrogen-bond donors (Lipinski definition) is 0. The number of alkyl halides is 6. The minimum Gasteiger partial charge on any atom is -0.355 e. The number of aromatic nitrogens is 3. The molecule has 14 heteroatoms. The van der Waals surface area contributed by atoms with Crippen molar-refractivity contribution in [2.45, 2.75) is 37.8 Å². The van der Waals surface area contributed by atoms with Gasteiger partial charge in [-0.05, 0) is 68.5 Å². The van der Waals surface area contributed by atoms with Crippen molar-refractivity contribution in [3.05, 3.63) is 63.9 Å². The van der Waals surface area contributed by atoms with Crippen LogP contribution in [-0.4, -0.2) is 68.9 Å². The summed E-state index contributed by atoms with van der Waals surface area (Å²) in [7, 11) is 4.09. The molecule has 1 aromatic carbocycles. The first kappa shape index (κ1) is 28.1. The number of thioether (sulfide) groups is 1. The molecule has 2 aliphatic heterocycles. The van der Waals surface area contributed by atoms with E-state index in [0.717, 1.165) is 43.8 Å². The molecular weight excluding hydrogens is 558 g/mol. The van der Waals surface area contributed by atoms with E-state index in [1.54, 1.807) is 12.1 Å². The maximum atomic E-state index is 13.6. The van der Waals surface area contributed by atoms with Crippen LogP contribution in [0.1, 0.15) is 35.2 Å². The van der Waals surface area contributed by atoms with E-state index >= 15 is 0 Å². The van der Waals surface area contributed by atoms with Crippen LogP contribution in [-0.2, 0) is 18.9 Å². The Kier molecular flexibility index (Phi) is 7.42. The van der Waals surface area contributed by atoms with Gasteiger partial charge in [-0.15, -0.1) is 0 Å². The first-order chi connectivity index (χ1) is 18.8. The first-order valence-corrected chi connectivity index (χ1v) is 13.1. The van der Waals surface area contributed by atoms with Crippen molar-refractivity contribution in [2.75, 3.05) is 27.2 Å². The van der Waals surface area contributed by atoms with Gasteiger partial charge in [-0.25, -0.2) is 0 Å². The highest BCUT2D eigenvalue weighted by molar-refractivity contribution is 8.18. The van der Waals surface area contributed by atoms with Crippen LogP contribution in [0.25, 0.3) is 17.0 Å². The Balaban J connectivity index is 1.38. The second-order valence-corrected chi connectivity index (χ2v) is 10.8. The van der Waals surface area contributed by atoms with Crippen LogP contribution in [0, 0.1) is 0 Å². The summed E-state index contributed by atoms with van der Waals surface area (Å²) in [4.78, 5) is 25.7. The summed E-state index contributed by atoms with van der Waals surface area (Å²) >= 11 is 1.01. The van der Waals surface area contributed by atoms with Gasteiger partial charge < -0.3 is 9.80 Å². The van der Waals surface area contributed by atoms with Crippen molar-refractivity contribution < 1.29 is 31.1 Å². The normalized spacial score (nSPS) is 18.4. The number of carbonyl (C=O) groups excluding carboxylic acids is 1. The van der Waals surface area contributed by atoms with Crippen LogP contribution in [0.4, 0.5) is 31.1 Å². The number of nitrogens with zero attached hydrogens (tertiary/aromatic N) is 6. The molecule has 1 amide bonds. The van der Waals surface area contributed by atoms with Gasteiger partial charge >= 0.3 is 17.6 Å². The largest absolute Gasteiger partial charge is 0.416 e. The van der Waals surface area contributed by atoms with Gasteiger partial charge in [0.05, 0.1) is 34.5 Å². The van der Waals surface area contributed by atoms with Crippen LogP contribution < -0.4 is 0 Å². The third-order valence-corrected chi connectivity index (χ3v) is 7.71. The number of amidine groups is 1. The zero-order valence-corrected chi connectivity index (χ0v) is 22.2. The van der Waals surface area contributed by atoms with Crippen molar-refractivity contribution in [1.29, 1.82) is 0 Å². The molecule has 7 nitrogen and oxygen atoms in total. The molecule has 0 atom stereocenters. The van der Waals surface area contributed by atoms with Crippen molar-refractivity contribution in [1.82, 2.24) is 24.6 Å². The summed E-state index contributed by atoms with van der Waals surface area (Å²) in [5.41, 5.74) is -2.18. The Labute approximate surface area is 229 Å². The lowest BCUT2D eigenvalue weighted by Gasteiger charge is -2.36. The van der Waals surface area contributed by atoms with Gasteiger partial charge in [-0.3, -0.25) is 14.5 Å². The van der Waals surface area contributed by atoms with Gasteiger partial charge in [0.25, 0.3) is 0 Å². The number of hydrogen-bond acceptors (Lipinski definition) is 6. The Morgan fingerprint density at radius 1 is 1.07 bits per heavy atom. The van der Waals surface area contributed by atoms with Gasteiger partial charge in [0, 0.05) is 30.7 Å². The van der Waals surface area contributed by atoms with E-state index < -0.39 is 23.5 Å². The average molecular weight is 583 g/mol. The maximum Gasteiger partial charge on any atom is 0.416 e. The number of carbonyl (C=O) groups is 1. The van der Waals surface area contributed by atoms with Crippen molar-refractivity contribution in [3.63, 3.8) is 0 Å². The Morgan fingerprint density at radius 3 is 2.45 bits per heavy atom. The van der Waals surface area contributed by atoms with Crippen molar-refractivity contribution >= 4 is 39.8 Å². The molecule has 212 valence electrons. The molecule has 2 aromatic heterocycles. The molecule has 0 aliphatic carbocycles. The average Bonchev–Trinajstić information content (AvgIpc) is 3.44. The molecule has 0 unspecified atom stereocenters. The monoisotopic (exact) mass is 582 g/mol. The predicted molar refractivity (Wildman–Crippen MR) is 140 cm³/mol.